The molecule has 0 amide bonds. The van der Waals surface area contributed by atoms with Crippen LogP contribution in [0.15, 0.2) is 102 Å². The molecular formula is C25H24S. The lowest BCUT2D eigenvalue weighted by Gasteiger charge is -2.17. The molecular weight excluding hydrogens is 332 g/mol. The third-order valence-corrected chi connectivity index (χ3v) is 4.65. The number of rotatable bonds is 5. The van der Waals surface area contributed by atoms with Crippen molar-refractivity contribution in [3.8, 4) is 0 Å². The molecule has 3 aromatic carbocycles. The summed E-state index contributed by atoms with van der Waals surface area (Å²) in [6.45, 7) is 8.21. The van der Waals surface area contributed by atoms with E-state index in [-0.39, 0.29) is 0 Å². The minimum atomic E-state index is 0.844. The SMILES string of the molecule is C=C(C)/C=C(Cc1cccc2ccccc12)\C(=C(/C)S)c1ccccc1. The Morgan fingerprint density at radius 1 is 0.885 bits per heavy atom. The molecule has 0 bridgehead atoms. The van der Waals surface area contributed by atoms with E-state index in [1.54, 1.807) is 0 Å². The zero-order chi connectivity index (χ0) is 18.5. The number of hydrogen-bond donors (Lipinski definition) is 1. The van der Waals surface area contributed by atoms with Crippen LogP contribution in [-0.2, 0) is 6.42 Å². The summed E-state index contributed by atoms with van der Waals surface area (Å²) in [4.78, 5) is 1.02. The van der Waals surface area contributed by atoms with Gasteiger partial charge in [0.25, 0.3) is 0 Å². The van der Waals surface area contributed by atoms with Crippen molar-refractivity contribution in [2.45, 2.75) is 20.3 Å². The Hall–Kier alpha value is -2.51. The van der Waals surface area contributed by atoms with E-state index in [0.29, 0.717) is 0 Å². The third-order valence-electron chi connectivity index (χ3n) is 4.43. The first-order chi connectivity index (χ1) is 12.6. The highest BCUT2D eigenvalue weighted by molar-refractivity contribution is 7.84. The van der Waals surface area contributed by atoms with Gasteiger partial charge in [-0.05, 0) is 58.2 Å². The van der Waals surface area contributed by atoms with E-state index in [9.17, 15) is 0 Å². The van der Waals surface area contributed by atoms with Crippen molar-refractivity contribution in [3.05, 3.63) is 113 Å². The van der Waals surface area contributed by atoms with Crippen LogP contribution < -0.4 is 0 Å². The van der Waals surface area contributed by atoms with Crippen molar-refractivity contribution in [2.24, 2.45) is 0 Å². The Morgan fingerprint density at radius 2 is 1.54 bits per heavy atom. The van der Waals surface area contributed by atoms with Gasteiger partial charge in [0, 0.05) is 0 Å². The molecule has 0 saturated heterocycles. The first-order valence-corrected chi connectivity index (χ1v) is 9.29. The summed E-state index contributed by atoms with van der Waals surface area (Å²) in [6, 6.07) is 25.5. The Kier molecular flexibility index (Phi) is 5.80. The largest absolute Gasteiger partial charge is 0.148 e. The molecule has 3 aromatic rings. The van der Waals surface area contributed by atoms with Crippen molar-refractivity contribution in [1.29, 1.82) is 0 Å². The monoisotopic (exact) mass is 356 g/mol. The van der Waals surface area contributed by atoms with Gasteiger partial charge in [0.1, 0.15) is 0 Å². The van der Waals surface area contributed by atoms with Gasteiger partial charge < -0.3 is 0 Å². The zero-order valence-electron chi connectivity index (χ0n) is 15.4. The average Bonchev–Trinajstić information content (AvgIpc) is 2.62. The normalized spacial score (nSPS) is 12.8. The van der Waals surface area contributed by atoms with E-state index >= 15 is 0 Å². The van der Waals surface area contributed by atoms with Gasteiger partial charge in [-0.25, -0.2) is 0 Å². The van der Waals surface area contributed by atoms with Crippen LogP contribution in [-0.4, -0.2) is 0 Å². The highest BCUT2D eigenvalue weighted by atomic mass is 32.1. The average molecular weight is 357 g/mol. The van der Waals surface area contributed by atoms with Crippen LogP contribution in [0.1, 0.15) is 25.0 Å². The second-order valence-corrected chi connectivity index (χ2v) is 7.33. The van der Waals surface area contributed by atoms with Crippen LogP contribution in [0.25, 0.3) is 16.3 Å². The number of fused-ring (bicyclic) bond motifs is 1. The van der Waals surface area contributed by atoms with Crippen molar-refractivity contribution >= 4 is 29.0 Å². The van der Waals surface area contributed by atoms with Gasteiger partial charge in [0.15, 0.2) is 0 Å². The zero-order valence-corrected chi connectivity index (χ0v) is 16.3. The molecule has 26 heavy (non-hydrogen) atoms. The lowest BCUT2D eigenvalue weighted by atomic mass is 9.89. The molecule has 0 N–H and O–H groups in total. The maximum atomic E-state index is 4.72. The third kappa shape index (κ3) is 4.17. The minimum absolute atomic E-state index is 0.844. The quantitative estimate of drug-likeness (QED) is 0.361. The highest BCUT2D eigenvalue weighted by Crippen LogP contribution is 2.33. The summed E-state index contributed by atoms with van der Waals surface area (Å²) in [7, 11) is 0. The molecule has 0 atom stereocenters. The fourth-order valence-electron chi connectivity index (χ4n) is 3.39. The highest BCUT2D eigenvalue weighted by Gasteiger charge is 2.13. The predicted molar refractivity (Wildman–Crippen MR) is 119 cm³/mol. The summed E-state index contributed by atoms with van der Waals surface area (Å²) < 4.78 is 0. The van der Waals surface area contributed by atoms with Gasteiger partial charge in [-0.2, -0.15) is 0 Å². The fraction of sp³-hybridized carbons (Fsp3) is 0.120. The fourth-order valence-corrected chi connectivity index (χ4v) is 3.67. The molecule has 0 aliphatic carbocycles. The number of hydrogen-bond acceptors (Lipinski definition) is 1. The van der Waals surface area contributed by atoms with Gasteiger partial charge in [-0.15, -0.1) is 12.6 Å². The predicted octanol–water partition coefficient (Wildman–Crippen LogP) is 7.25. The molecule has 3 rings (SSSR count). The van der Waals surface area contributed by atoms with Crippen LogP contribution >= 0.6 is 12.6 Å². The lowest BCUT2D eigenvalue weighted by molar-refractivity contribution is 1.21. The van der Waals surface area contributed by atoms with Crippen molar-refractivity contribution in [3.63, 3.8) is 0 Å². The van der Waals surface area contributed by atoms with Crippen LogP contribution in [0.5, 0.6) is 0 Å². The molecule has 0 spiro atoms. The van der Waals surface area contributed by atoms with Gasteiger partial charge in [0.05, 0.1) is 0 Å². The Labute approximate surface area is 162 Å². The van der Waals surface area contributed by atoms with E-state index in [4.69, 9.17) is 12.6 Å². The maximum Gasteiger partial charge on any atom is -0.00131 e. The maximum absolute atomic E-state index is 4.72. The van der Waals surface area contributed by atoms with E-state index in [1.165, 1.54) is 33.0 Å². The van der Waals surface area contributed by atoms with Gasteiger partial charge in [0.2, 0.25) is 0 Å². The molecule has 1 heteroatoms. The number of benzene rings is 3. The second-order valence-electron chi connectivity index (χ2n) is 6.66. The first-order valence-electron chi connectivity index (χ1n) is 8.84. The summed E-state index contributed by atoms with van der Waals surface area (Å²) in [5.41, 5.74) is 5.98. The molecule has 0 aromatic heterocycles. The van der Waals surface area contributed by atoms with E-state index in [2.05, 4.69) is 86.3 Å². The van der Waals surface area contributed by atoms with E-state index < -0.39 is 0 Å². The molecule has 0 aliphatic rings. The molecule has 0 heterocycles. The minimum Gasteiger partial charge on any atom is -0.148 e. The van der Waals surface area contributed by atoms with E-state index in [0.717, 1.165) is 16.9 Å². The van der Waals surface area contributed by atoms with Crippen LogP contribution in [0.2, 0.25) is 0 Å². The molecule has 0 aliphatic heterocycles. The van der Waals surface area contributed by atoms with E-state index in [1.807, 2.05) is 13.0 Å². The lowest BCUT2D eigenvalue weighted by Crippen LogP contribution is -1.98. The molecule has 0 radical (unpaired) electrons. The Balaban J connectivity index is 2.12. The molecule has 0 nitrogen and oxygen atoms in total. The first kappa shape index (κ1) is 18.3. The standard InChI is InChI=1S/C25H24S/c1-18(2)16-23(25(19(3)26)21-11-5-4-6-12-21)17-22-14-9-13-20-10-7-8-15-24(20)22/h4-16,26H,1,17H2,2-3H3/b23-16-,25-19+. The van der Waals surface area contributed by atoms with Crippen molar-refractivity contribution in [1.82, 2.24) is 0 Å². The smallest absolute Gasteiger partial charge is 0.00131 e. The molecule has 0 saturated carbocycles. The molecule has 0 unspecified atom stereocenters. The summed E-state index contributed by atoms with van der Waals surface area (Å²) in [5.74, 6) is 0. The summed E-state index contributed by atoms with van der Waals surface area (Å²) in [6.07, 6.45) is 3.03. The van der Waals surface area contributed by atoms with Crippen molar-refractivity contribution in [2.75, 3.05) is 0 Å². The number of thiol groups is 1. The van der Waals surface area contributed by atoms with Gasteiger partial charge in [-0.3, -0.25) is 0 Å². The summed E-state index contributed by atoms with van der Waals surface area (Å²) in [5, 5.41) is 2.57. The van der Waals surface area contributed by atoms with Crippen molar-refractivity contribution < 1.29 is 0 Å². The topological polar surface area (TPSA) is 0 Å². The van der Waals surface area contributed by atoms with Gasteiger partial charge >= 0.3 is 0 Å². The van der Waals surface area contributed by atoms with Crippen LogP contribution in [0.3, 0.4) is 0 Å². The molecule has 0 fully saturated rings. The second kappa shape index (κ2) is 8.25. The van der Waals surface area contributed by atoms with Crippen LogP contribution in [0, 0.1) is 0 Å². The molecule has 130 valence electrons. The number of allylic oxidation sites excluding steroid dienone is 5. The Bertz CT molecular complexity index is 982. The van der Waals surface area contributed by atoms with Gasteiger partial charge in [-0.1, -0.05) is 91.0 Å². The Morgan fingerprint density at radius 3 is 2.23 bits per heavy atom. The summed E-state index contributed by atoms with van der Waals surface area (Å²) >= 11 is 4.72. The van der Waals surface area contributed by atoms with Crippen LogP contribution in [0.4, 0.5) is 0 Å².